The van der Waals surface area contributed by atoms with Crippen molar-refractivity contribution in [2.45, 2.75) is 37.0 Å². The lowest BCUT2D eigenvalue weighted by Gasteiger charge is -2.27. The van der Waals surface area contributed by atoms with Gasteiger partial charge in [0.25, 0.3) is 0 Å². The summed E-state index contributed by atoms with van der Waals surface area (Å²) in [6.45, 7) is 0. The molecule has 0 saturated heterocycles. The molecule has 0 heterocycles. The van der Waals surface area contributed by atoms with E-state index in [1.165, 1.54) is 7.11 Å². The largest absolute Gasteiger partial charge is 0.462 e. The molecule has 0 radical (unpaired) electrons. The Labute approximate surface area is 94.1 Å². The number of methoxy groups -OCH3 is 1. The van der Waals surface area contributed by atoms with Gasteiger partial charge in [-0.15, -0.1) is 0 Å². The van der Waals surface area contributed by atoms with E-state index in [-0.39, 0.29) is 6.04 Å². The van der Waals surface area contributed by atoms with Gasteiger partial charge in [0.15, 0.2) is 0 Å². The molecule has 1 rings (SSSR count). The Balaban J connectivity index is 2.29. The first-order valence-electron chi connectivity index (χ1n) is 5.09. The van der Waals surface area contributed by atoms with Crippen molar-refractivity contribution in [2.75, 3.05) is 13.4 Å². The maximum atomic E-state index is 11.2. The molecule has 1 aliphatic rings. The number of ether oxygens (including phenoxy) is 1. The van der Waals surface area contributed by atoms with Crippen molar-refractivity contribution in [1.29, 1.82) is 0 Å². The van der Waals surface area contributed by atoms with Crippen LogP contribution in [0.5, 0.6) is 0 Å². The van der Waals surface area contributed by atoms with Gasteiger partial charge in [-0.25, -0.2) is 4.79 Å². The van der Waals surface area contributed by atoms with Gasteiger partial charge in [0.2, 0.25) is 0 Å². The van der Waals surface area contributed by atoms with Gasteiger partial charge >= 0.3 is 11.9 Å². The Morgan fingerprint density at radius 3 is 2.33 bits per heavy atom. The van der Waals surface area contributed by atoms with Gasteiger partial charge in [-0.1, -0.05) is 0 Å². The van der Waals surface area contributed by atoms with Crippen LogP contribution >= 0.6 is 11.8 Å². The zero-order chi connectivity index (χ0) is 11.3. The molecule has 0 bridgehead atoms. The lowest BCUT2D eigenvalue weighted by Crippen LogP contribution is -2.42. The molecule has 0 aromatic heterocycles. The van der Waals surface area contributed by atoms with Crippen LogP contribution in [0.4, 0.5) is 0 Å². The number of amides is 1. The maximum Gasteiger partial charge on any atom is 0.396 e. The molecule has 1 saturated carbocycles. The van der Waals surface area contributed by atoms with Crippen molar-refractivity contribution >= 4 is 23.6 Å². The minimum Gasteiger partial charge on any atom is -0.462 e. The fraction of sp³-hybridized carbons (Fsp3) is 0.800. The number of nitrogens with one attached hydrogen (secondary N) is 1. The average molecular weight is 231 g/mol. The second-order valence-electron chi connectivity index (χ2n) is 3.67. The van der Waals surface area contributed by atoms with Gasteiger partial charge in [-0.05, 0) is 31.9 Å². The third-order valence-corrected chi connectivity index (χ3v) is 3.85. The SMILES string of the molecule is COC(=O)C(=O)NC1CCC(SC)CC1. The van der Waals surface area contributed by atoms with E-state index >= 15 is 0 Å². The Hall–Kier alpha value is -0.710. The van der Waals surface area contributed by atoms with Crippen LogP contribution in [-0.2, 0) is 14.3 Å². The predicted octanol–water partition coefficient (Wildman–Crippen LogP) is 0.950. The molecule has 15 heavy (non-hydrogen) atoms. The molecule has 0 spiro atoms. The highest BCUT2D eigenvalue weighted by molar-refractivity contribution is 7.99. The van der Waals surface area contributed by atoms with Crippen LogP contribution in [0.2, 0.25) is 0 Å². The summed E-state index contributed by atoms with van der Waals surface area (Å²) in [6.07, 6.45) is 6.22. The topological polar surface area (TPSA) is 55.4 Å². The molecule has 1 N–H and O–H groups in total. The van der Waals surface area contributed by atoms with Gasteiger partial charge in [0, 0.05) is 11.3 Å². The summed E-state index contributed by atoms with van der Waals surface area (Å²) in [5, 5.41) is 3.40. The standard InChI is InChI=1S/C10H17NO3S/c1-14-10(13)9(12)11-7-3-5-8(15-2)6-4-7/h7-8H,3-6H2,1-2H3,(H,11,12). The summed E-state index contributed by atoms with van der Waals surface area (Å²) >= 11 is 1.87. The highest BCUT2D eigenvalue weighted by Gasteiger charge is 2.24. The van der Waals surface area contributed by atoms with Crippen LogP contribution in [0.15, 0.2) is 0 Å². The lowest BCUT2D eigenvalue weighted by atomic mass is 9.95. The third-order valence-electron chi connectivity index (χ3n) is 2.71. The minimum absolute atomic E-state index is 0.139. The molecule has 1 amide bonds. The molecule has 5 heteroatoms. The average Bonchev–Trinajstić information content (AvgIpc) is 2.29. The van der Waals surface area contributed by atoms with Crippen LogP contribution in [0, 0.1) is 0 Å². The van der Waals surface area contributed by atoms with Gasteiger partial charge in [-0.2, -0.15) is 11.8 Å². The predicted molar refractivity (Wildman–Crippen MR) is 59.7 cm³/mol. The fourth-order valence-electron chi connectivity index (χ4n) is 1.78. The van der Waals surface area contributed by atoms with E-state index in [4.69, 9.17) is 0 Å². The number of carbonyl (C=O) groups is 2. The Kier molecular flexibility index (Phi) is 4.94. The summed E-state index contributed by atoms with van der Waals surface area (Å²) in [6, 6.07) is 0.139. The molecule has 1 fully saturated rings. The molecular weight excluding hydrogens is 214 g/mol. The summed E-state index contributed by atoms with van der Waals surface area (Å²) in [5.41, 5.74) is 0. The van der Waals surface area contributed by atoms with E-state index in [2.05, 4.69) is 16.3 Å². The smallest absolute Gasteiger partial charge is 0.396 e. The number of esters is 1. The number of thioether (sulfide) groups is 1. The van der Waals surface area contributed by atoms with Gasteiger partial charge in [-0.3, -0.25) is 4.79 Å². The van der Waals surface area contributed by atoms with Crippen LogP contribution < -0.4 is 5.32 Å². The van der Waals surface area contributed by atoms with E-state index in [0.29, 0.717) is 5.25 Å². The fourth-order valence-corrected chi connectivity index (χ4v) is 2.52. The minimum atomic E-state index is -0.804. The second-order valence-corrected chi connectivity index (χ2v) is 4.81. The molecule has 86 valence electrons. The molecule has 1 aliphatic carbocycles. The first-order chi connectivity index (χ1) is 7.17. The normalized spacial score (nSPS) is 25.7. The third kappa shape index (κ3) is 3.74. The molecule has 0 atom stereocenters. The molecular formula is C10H17NO3S. The van der Waals surface area contributed by atoms with Crippen LogP contribution in [0.1, 0.15) is 25.7 Å². The van der Waals surface area contributed by atoms with Crippen molar-refractivity contribution < 1.29 is 14.3 Å². The van der Waals surface area contributed by atoms with Crippen molar-refractivity contribution in [1.82, 2.24) is 5.32 Å². The van der Waals surface area contributed by atoms with Crippen LogP contribution in [0.3, 0.4) is 0 Å². The van der Waals surface area contributed by atoms with Gasteiger partial charge < -0.3 is 10.1 Å². The van der Waals surface area contributed by atoms with E-state index in [9.17, 15) is 9.59 Å². The highest BCUT2D eigenvalue weighted by atomic mass is 32.2. The number of hydrogen-bond donors (Lipinski definition) is 1. The summed E-state index contributed by atoms with van der Waals surface area (Å²) < 4.78 is 4.34. The zero-order valence-corrected chi connectivity index (χ0v) is 9.93. The van der Waals surface area contributed by atoms with Crippen LogP contribution in [0.25, 0.3) is 0 Å². The van der Waals surface area contributed by atoms with E-state index < -0.39 is 11.9 Å². The van der Waals surface area contributed by atoms with Crippen LogP contribution in [-0.4, -0.2) is 36.5 Å². The van der Waals surface area contributed by atoms with Gasteiger partial charge in [0.1, 0.15) is 0 Å². The molecule has 0 aliphatic heterocycles. The first kappa shape index (κ1) is 12.4. The number of hydrogen-bond acceptors (Lipinski definition) is 4. The van der Waals surface area contributed by atoms with Gasteiger partial charge in [0.05, 0.1) is 7.11 Å². The molecule has 4 nitrogen and oxygen atoms in total. The lowest BCUT2D eigenvalue weighted by molar-refractivity contribution is -0.153. The Bertz CT molecular complexity index is 237. The number of carbonyl (C=O) groups excluding carboxylic acids is 2. The van der Waals surface area contributed by atoms with Crippen molar-refractivity contribution in [3.05, 3.63) is 0 Å². The number of rotatable bonds is 2. The Morgan fingerprint density at radius 1 is 1.27 bits per heavy atom. The zero-order valence-electron chi connectivity index (χ0n) is 9.12. The van der Waals surface area contributed by atoms with Crippen molar-refractivity contribution in [2.24, 2.45) is 0 Å². The summed E-state index contributed by atoms with van der Waals surface area (Å²) in [5.74, 6) is -1.42. The van der Waals surface area contributed by atoms with E-state index in [0.717, 1.165) is 25.7 Å². The van der Waals surface area contributed by atoms with Crippen molar-refractivity contribution in [3.63, 3.8) is 0 Å². The molecule has 0 aromatic rings. The highest BCUT2D eigenvalue weighted by Crippen LogP contribution is 2.26. The van der Waals surface area contributed by atoms with E-state index in [1.807, 2.05) is 11.8 Å². The second kappa shape index (κ2) is 6.00. The summed E-state index contributed by atoms with van der Waals surface area (Å²) in [7, 11) is 1.21. The molecule has 0 unspecified atom stereocenters. The maximum absolute atomic E-state index is 11.2. The molecule has 0 aromatic carbocycles. The van der Waals surface area contributed by atoms with E-state index in [1.54, 1.807) is 0 Å². The van der Waals surface area contributed by atoms with Crippen molar-refractivity contribution in [3.8, 4) is 0 Å². The summed E-state index contributed by atoms with van der Waals surface area (Å²) in [4.78, 5) is 22.1. The monoisotopic (exact) mass is 231 g/mol. The first-order valence-corrected chi connectivity index (χ1v) is 6.37. The Morgan fingerprint density at radius 2 is 1.87 bits per heavy atom. The quantitative estimate of drug-likeness (QED) is 0.568.